The van der Waals surface area contributed by atoms with Crippen LogP contribution in [-0.2, 0) is 0 Å². The predicted octanol–water partition coefficient (Wildman–Crippen LogP) is 2.97. The zero-order chi connectivity index (χ0) is 13.1. The lowest BCUT2D eigenvalue weighted by molar-refractivity contribution is 0.441. The Morgan fingerprint density at radius 2 is 2.00 bits per heavy atom. The van der Waals surface area contributed by atoms with Crippen LogP contribution in [0, 0.1) is 0 Å². The lowest BCUT2D eigenvalue weighted by Crippen LogP contribution is -1.91. The molecule has 0 fully saturated rings. The van der Waals surface area contributed by atoms with Crippen molar-refractivity contribution in [2.24, 2.45) is 0 Å². The van der Waals surface area contributed by atoms with E-state index in [0.717, 1.165) is 5.56 Å². The first kappa shape index (κ1) is 11.6. The van der Waals surface area contributed by atoms with Crippen molar-refractivity contribution in [1.29, 1.82) is 0 Å². The van der Waals surface area contributed by atoms with E-state index in [1.54, 1.807) is 12.1 Å². The monoisotopic (exact) mass is 274 g/mol. The molecular weight excluding hydrogens is 268 g/mol. The van der Waals surface area contributed by atoms with Gasteiger partial charge in [0.25, 0.3) is 0 Å². The third-order valence-electron chi connectivity index (χ3n) is 2.25. The summed E-state index contributed by atoms with van der Waals surface area (Å²) in [5, 5.41) is 7.90. The maximum Gasteiger partial charge on any atom is 0.321 e. The first-order valence-corrected chi connectivity index (χ1v) is 5.71. The Morgan fingerprint density at radius 1 is 1.16 bits per heavy atom. The second-order valence-corrected chi connectivity index (χ2v) is 3.99. The first-order valence-electron chi connectivity index (χ1n) is 5.33. The van der Waals surface area contributed by atoms with Crippen molar-refractivity contribution in [1.82, 2.24) is 20.2 Å². The van der Waals surface area contributed by atoms with Crippen molar-refractivity contribution in [2.75, 3.05) is 0 Å². The van der Waals surface area contributed by atoms with Gasteiger partial charge in [-0.3, -0.25) is 0 Å². The Balaban J connectivity index is 1.85. The van der Waals surface area contributed by atoms with Gasteiger partial charge in [-0.1, -0.05) is 17.7 Å². The molecule has 0 radical (unpaired) electrons. The first-order chi connectivity index (χ1) is 9.31. The molecule has 6 nitrogen and oxygen atoms in total. The number of hydrogen-bond donors (Lipinski definition) is 0. The highest BCUT2D eigenvalue weighted by molar-refractivity contribution is 6.30. The van der Waals surface area contributed by atoms with E-state index in [1.165, 1.54) is 18.8 Å². The van der Waals surface area contributed by atoms with Crippen LogP contribution < -0.4 is 4.74 Å². The van der Waals surface area contributed by atoms with E-state index < -0.39 is 0 Å². The molecule has 0 aliphatic carbocycles. The quantitative estimate of drug-likeness (QED) is 0.731. The van der Waals surface area contributed by atoms with Crippen molar-refractivity contribution in [2.45, 2.75) is 0 Å². The molecule has 2 aromatic heterocycles. The van der Waals surface area contributed by atoms with Gasteiger partial charge in [0.1, 0.15) is 5.75 Å². The van der Waals surface area contributed by atoms with Crippen LogP contribution in [0.1, 0.15) is 0 Å². The molecule has 19 heavy (non-hydrogen) atoms. The molecule has 3 aromatic rings. The lowest BCUT2D eigenvalue weighted by atomic mass is 10.2. The predicted molar refractivity (Wildman–Crippen MR) is 66.9 cm³/mol. The smallest absolute Gasteiger partial charge is 0.321 e. The summed E-state index contributed by atoms with van der Waals surface area (Å²) in [5.41, 5.74) is 0.754. The van der Waals surface area contributed by atoms with E-state index in [-0.39, 0.29) is 6.01 Å². The Bertz CT molecular complexity index is 670. The standard InChI is InChI=1S/C12H7ClN4O2/c13-9-5-14-12(15-6-9)19-10-3-1-2-8(4-10)11-17-16-7-18-11/h1-7H. The van der Waals surface area contributed by atoms with Gasteiger partial charge in [0, 0.05) is 5.56 Å². The zero-order valence-corrected chi connectivity index (χ0v) is 10.3. The second-order valence-electron chi connectivity index (χ2n) is 3.56. The van der Waals surface area contributed by atoms with E-state index in [2.05, 4.69) is 20.2 Å². The third-order valence-corrected chi connectivity index (χ3v) is 2.44. The van der Waals surface area contributed by atoms with Crippen LogP contribution >= 0.6 is 11.6 Å². The van der Waals surface area contributed by atoms with Crippen molar-refractivity contribution in [3.8, 4) is 23.2 Å². The molecule has 0 amide bonds. The summed E-state index contributed by atoms with van der Waals surface area (Å²) >= 11 is 5.70. The fourth-order valence-electron chi connectivity index (χ4n) is 1.45. The zero-order valence-electron chi connectivity index (χ0n) is 9.52. The summed E-state index contributed by atoms with van der Waals surface area (Å²) in [4.78, 5) is 7.90. The van der Waals surface area contributed by atoms with Crippen molar-refractivity contribution in [3.05, 3.63) is 48.1 Å². The molecule has 1 aromatic carbocycles. The normalized spacial score (nSPS) is 10.4. The molecule has 0 N–H and O–H groups in total. The molecule has 3 rings (SSSR count). The van der Waals surface area contributed by atoms with Crippen molar-refractivity contribution in [3.63, 3.8) is 0 Å². The molecule has 0 atom stereocenters. The molecule has 0 unspecified atom stereocenters. The minimum atomic E-state index is 0.215. The highest BCUT2D eigenvalue weighted by Crippen LogP contribution is 2.24. The third kappa shape index (κ3) is 2.69. The molecule has 0 spiro atoms. The molecule has 2 heterocycles. The lowest BCUT2D eigenvalue weighted by Gasteiger charge is -2.04. The maximum absolute atomic E-state index is 5.70. The Kier molecular flexibility index (Phi) is 3.07. The molecule has 7 heteroatoms. The fraction of sp³-hybridized carbons (Fsp3) is 0. The highest BCUT2D eigenvalue weighted by Gasteiger charge is 2.06. The topological polar surface area (TPSA) is 73.9 Å². The van der Waals surface area contributed by atoms with Crippen LogP contribution in [-0.4, -0.2) is 20.2 Å². The Morgan fingerprint density at radius 3 is 2.74 bits per heavy atom. The summed E-state index contributed by atoms with van der Waals surface area (Å²) in [5.74, 6) is 0.987. The van der Waals surface area contributed by atoms with Gasteiger partial charge in [0.2, 0.25) is 12.3 Å². The maximum atomic E-state index is 5.70. The van der Waals surface area contributed by atoms with Crippen LogP contribution in [0.25, 0.3) is 11.5 Å². The van der Waals surface area contributed by atoms with E-state index in [9.17, 15) is 0 Å². The fourth-order valence-corrected chi connectivity index (χ4v) is 1.55. The average molecular weight is 275 g/mol. The van der Waals surface area contributed by atoms with Gasteiger partial charge >= 0.3 is 6.01 Å². The average Bonchev–Trinajstić information content (AvgIpc) is 2.96. The Labute approximate surface area is 113 Å². The summed E-state index contributed by atoms with van der Waals surface area (Å²) in [6, 6.07) is 7.39. The molecule has 0 bridgehead atoms. The number of halogens is 1. The van der Waals surface area contributed by atoms with E-state index in [4.69, 9.17) is 20.8 Å². The number of benzene rings is 1. The van der Waals surface area contributed by atoms with E-state index >= 15 is 0 Å². The van der Waals surface area contributed by atoms with Gasteiger partial charge in [0.15, 0.2) is 0 Å². The molecule has 0 saturated heterocycles. The highest BCUT2D eigenvalue weighted by atomic mass is 35.5. The summed E-state index contributed by atoms with van der Waals surface area (Å²) in [6.45, 7) is 0. The Hall–Kier alpha value is -2.47. The van der Waals surface area contributed by atoms with Gasteiger partial charge in [-0.05, 0) is 18.2 Å². The van der Waals surface area contributed by atoms with Crippen LogP contribution in [0.2, 0.25) is 5.02 Å². The van der Waals surface area contributed by atoms with Gasteiger partial charge in [-0.15, -0.1) is 10.2 Å². The summed E-state index contributed by atoms with van der Waals surface area (Å²) in [6.07, 6.45) is 4.20. The summed E-state index contributed by atoms with van der Waals surface area (Å²) < 4.78 is 10.6. The molecule has 94 valence electrons. The number of ether oxygens (including phenoxy) is 1. The van der Waals surface area contributed by atoms with Gasteiger partial charge in [0.05, 0.1) is 17.4 Å². The molecule has 0 saturated carbocycles. The van der Waals surface area contributed by atoms with Crippen molar-refractivity contribution < 1.29 is 9.15 Å². The van der Waals surface area contributed by atoms with Crippen molar-refractivity contribution >= 4 is 11.6 Å². The van der Waals surface area contributed by atoms with Crippen LogP contribution in [0.4, 0.5) is 0 Å². The number of aromatic nitrogens is 4. The minimum Gasteiger partial charge on any atom is -0.424 e. The minimum absolute atomic E-state index is 0.215. The number of rotatable bonds is 3. The van der Waals surface area contributed by atoms with Gasteiger partial charge in [-0.2, -0.15) is 0 Å². The van der Waals surface area contributed by atoms with Crippen LogP contribution in [0.5, 0.6) is 11.8 Å². The molecular formula is C12H7ClN4O2. The largest absolute Gasteiger partial charge is 0.424 e. The van der Waals surface area contributed by atoms with E-state index in [1.807, 2.05) is 12.1 Å². The molecule has 0 aliphatic heterocycles. The number of hydrogen-bond acceptors (Lipinski definition) is 6. The van der Waals surface area contributed by atoms with Gasteiger partial charge < -0.3 is 9.15 Å². The van der Waals surface area contributed by atoms with Crippen LogP contribution in [0.15, 0.2) is 47.5 Å². The number of nitrogens with zero attached hydrogens (tertiary/aromatic N) is 4. The molecule has 0 aliphatic rings. The van der Waals surface area contributed by atoms with Crippen LogP contribution in [0.3, 0.4) is 0 Å². The van der Waals surface area contributed by atoms with Gasteiger partial charge in [-0.25, -0.2) is 9.97 Å². The SMILES string of the molecule is Clc1cnc(Oc2cccc(-c3nnco3)c2)nc1. The second kappa shape index (κ2) is 5.03. The summed E-state index contributed by atoms with van der Waals surface area (Å²) in [7, 11) is 0. The van der Waals surface area contributed by atoms with E-state index in [0.29, 0.717) is 16.7 Å².